The minimum absolute atomic E-state index is 0.0832. The lowest BCUT2D eigenvalue weighted by molar-refractivity contribution is -0.386. The minimum atomic E-state index is -0.867. The van der Waals surface area contributed by atoms with Gasteiger partial charge in [0, 0.05) is 6.07 Å². The molecule has 0 aromatic heterocycles. The number of anilines is 1. The summed E-state index contributed by atoms with van der Waals surface area (Å²) in [4.78, 5) is 22.1. The van der Waals surface area contributed by atoms with Gasteiger partial charge >= 0.3 is 11.7 Å². The summed E-state index contributed by atoms with van der Waals surface area (Å²) in [5, 5.41) is 14.0. The Morgan fingerprint density at radius 3 is 3.00 bits per heavy atom. The van der Waals surface area contributed by atoms with Crippen LogP contribution >= 0.6 is 0 Å². The van der Waals surface area contributed by atoms with Crippen molar-refractivity contribution in [2.45, 2.75) is 20.0 Å². The molecule has 0 radical (unpaired) electrons. The van der Waals surface area contributed by atoms with Crippen LogP contribution in [0.4, 0.5) is 11.4 Å². The summed E-state index contributed by atoms with van der Waals surface area (Å²) < 4.78 is 10.3. The van der Waals surface area contributed by atoms with Crippen molar-refractivity contribution < 1.29 is 19.2 Å². The molecule has 0 saturated heterocycles. The fourth-order valence-corrected chi connectivity index (χ4v) is 1.90. The van der Waals surface area contributed by atoms with Gasteiger partial charge in [-0.25, -0.2) is 4.79 Å². The number of esters is 1. The summed E-state index contributed by atoms with van der Waals surface area (Å²) in [5.74, 6) is -0.449. The Labute approximate surface area is 109 Å². The maximum atomic E-state index is 11.6. The van der Waals surface area contributed by atoms with Crippen molar-refractivity contribution in [3.63, 3.8) is 0 Å². The van der Waals surface area contributed by atoms with Gasteiger partial charge in [0.25, 0.3) is 0 Å². The first-order valence-corrected chi connectivity index (χ1v) is 5.89. The molecule has 1 aliphatic heterocycles. The predicted molar refractivity (Wildman–Crippen MR) is 67.4 cm³/mol. The SMILES string of the molecule is CCOC(=O)C1CNc2cc(C)cc([N+](=O)[O-])c2O1. The Morgan fingerprint density at radius 1 is 1.63 bits per heavy atom. The van der Waals surface area contributed by atoms with Crippen LogP contribution in [-0.2, 0) is 9.53 Å². The zero-order valence-electron chi connectivity index (χ0n) is 10.6. The van der Waals surface area contributed by atoms with Gasteiger partial charge in [-0.2, -0.15) is 0 Å². The number of hydrogen-bond donors (Lipinski definition) is 1. The molecule has 1 aromatic rings. The molecular formula is C12H14N2O5. The average molecular weight is 266 g/mol. The number of aryl methyl sites for hydroxylation is 1. The topological polar surface area (TPSA) is 90.7 Å². The quantitative estimate of drug-likeness (QED) is 0.508. The summed E-state index contributed by atoms with van der Waals surface area (Å²) in [5.41, 5.74) is 1.11. The third-order valence-electron chi connectivity index (χ3n) is 2.70. The molecule has 1 atom stereocenters. The van der Waals surface area contributed by atoms with Crippen LogP contribution in [-0.4, -0.2) is 30.1 Å². The van der Waals surface area contributed by atoms with Crippen LogP contribution in [0.25, 0.3) is 0 Å². The first-order chi connectivity index (χ1) is 9.02. The summed E-state index contributed by atoms with van der Waals surface area (Å²) in [6.07, 6.45) is -0.867. The number of carbonyl (C=O) groups is 1. The van der Waals surface area contributed by atoms with Gasteiger partial charge in [0.1, 0.15) is 0 Å². The standard InChI is InChI=1S/C12H14N2O5/c1-3-18-12(15)10-6-13-8-4-7(2)5-9(14(16)17)11(8)19-10/h4-5,10,13H,3,6H2,1-2H3. The highest BCUT2D eigenvalue weighted by Gasteiger charge is 2.32. The number of nitro groups is 1. The van der Waals surface area contributed by atoms with Gasteiger partial charge in [0.05, 0.1) is 23.8 Å². The molecule has 19 heavy (non-hydrogen) atoms. The van der Waals surface area contributed by atoms with Crippen LogP contribution in [0.1, 0.15) is 12.5 Å². The number of benzene rings is 1. The van der Waals surface area contributed by atoms with E-state index in [9.17, 15) is 14.9 Å². The van der Waals surface area contributed by atoms with Crippen molar-refractivity contribution in [2.24, 2.45) is 0 Å². The van der Waals surface area contributed by atoms with Gasteiger partial charge in [-0.05, 0) is 25.5 Å². The fourth-order valence-electron chi connectivity index (χ4n) is 1.90. The fraction of sp³-hybridized carbons (Fsp3) is 0.417. The number of carbonyl (C=O) groups excluding carboxylic acids is 1. The lowest BCUT2D eigenvalue weighted by atomic mass is 10.1. The monoisotopic (exact) mass is 266 g/mol. The number of nitro benzene ring substituents is 1. The van der Waals surface area contributed by atoms with Crippen LogP contribution in [0.15, 0.2) is 12.1 Å². The third kappa shape index (κ3) is 2.59. The van der Waals surface area contributed by atoms with E-state index in [4.69, 9.17) is 9.47 Å². The lowest BCUT2D eigenvalue weighted by Gasteiger charge is -2.25. The lowest BCUT2D eigenvalue weighted by Crippen LogP contribution is -2.39. The van der Waals surface area contributed by atoms with Gasteiger partial charge in [-0.1, -0.05) is 0 Å². The molecule has 7 nitrogen and oxygen atoms in total. The Balaban J connectivity index is 2.33. The second-order valence-corrected chi connectivity index (χ2v) is 4.16. The Bertz CT molecular complexity index is 529. The Kier molecular flexibility index (Phi) is 3.55. The number of fused-ring (bicyclic) bond motifs is 1. The summed E-state index contributed by atoms with van der Waals surface area (Å²) >= 11 is 0. The molecule has 1 aliphatic rings. The van der Waals surface area contributed by atoms with E-state index >= 15 is 0 Å². The number of nitrogens with zero attached hydrogens (tertiary/aromatic N) is 1. The maximum absolute atomic E-state index is 11.6. The molecule has 7 heteroatoms. The molecule has 0 spiro atoms. The summed E-state index contributed by atoms with van der Waals surface area (Å²) in [7, 11) is 0. The van der Waals surface area contributed by atoms with E-state index in [1.54, 1.807) is 19.9 Å². The summed E-state index contributed by atoms with van der Waals surface area (Å²) in [6.45, 7) is 3.91. The van der Waals surface area contributed by atoms with Crippen LogP contribution < -0.4 is 10.1 Å². The first kappa shape index (κ1) is 13.1. The molecule has 1 N–H and O–H groups in total. The Morgan fingerprint density at radius 2 is 2.37 bits per heavy atom. The van der Waals surface area contributed by atoms with Crippen LogP contribution in [0.3, 0.4) is 0 Å². The van der Waals surface area contributed by atoms with Crippen molar-refractivity contribution in [2.75, 3.05) is 18.5 Å². The molecule has 0 fully saturated rings. The van der Waals surface area contributed by atoms with E-state index in [-0.39, 0.29) is 24.6 Å². The highest BCUT2D eigenvalue weighted by Crippen LogP contribution is 2.39. The normalized spacial score (nSPS) is 16.8. The largest absolute Gasteiger partial charge is 0.468 e. The minimum Gasteiger partial charge on any atom is -0.468 e. The first-order valence-electron chi connectivity index (χ1n) is 5.89. The van der Waals surface area contributed by atoms with Gasteiger partial charge in [-0.3, -0.25) is 10.1 Å². The van der Waals surface area contributed by atoms with E-state index in [1.165, 1.54) is 6.07 Å². The van der Waals surface area contributed by atoms with Crippen LogP contribution in [0.5, 0.6) is 5.75 Å². The van der Waals surface area contributed by atoms with E-state index in [2.05, 4.69) is 5.32 Å². The van der Waals surface area contributed by atoms with Crippen LogP contribution in [0.2, 0.25) is 0 Å². The van der Waals surface area contributed by atoms with Crippen molar-refractivity contribution >= 4 is 17.3 Å². The van der Waals surface area contributed by atoms with E-state index in [0.717, 1.165) is 5.56 Å². The second-order valence-electron chi connectivity index (χ2n) is 4.16. The highest BCUT2D eigenvalue weighted by molar-refractivity contribution is 5.79. The smallest absolute Gasteiger partial charge is 0.349 e. The molecule has 0 aliphatic carbocycles. The van der Waals surface area contributed by atoms with Crippen molar-refractivity contribution in [3.8, 4) is 5.75 Å². The average Bonchev–Trinajstić information content (AvgIpc) is 2.37. The Hall–Kier alpha value is -2.31. The van der Waals surface area contributed by atoms with Crippen LogP contribution in [0, 0.1) is 17.0 Å². The van der Waals surface area contributed by atoms with E-state index in [1.807, 2.05) is 0 Å². The number of hydrogen-bond acceptors (Lipinski definition) is 6. The summed E-state index contributed by atoms with van der Waals surface area (Å²) in [6, 6.07) is 3.15. The molecular weight excluding hydrogens is 252 g/mol. The predicted octanol–water partition coefficient (Wildman–Crippen LogP) is 1.64. The molecule has 102 valence electrons. The molecule has 0 saturated carbocycles. The van der Waals surface area contributed by atoms with E-state index < -0.39 is 17.0 Å². The zero-order chi connectivity index (χ0) is 14.0. The highest BCUT2D eigenvalue weighted by atomic mass is 16.6. The molecule has 0 bridgehead atoms. The number of nitrogens with one attached hydrogen (secondary N) is 1. The van der Waals surface area contributed by atoms with Gasteiger partial charge in [0.2, 0.25) is 11.9 Å². The van der Waals surface area contributed by atoms with E-state index in [0.29, 0.717) is 5.69 Å². The molecule has 1 unspecified atom stereocenters. The van der Waals surface area contributed by atoms with Gasteiger partial charge in [0.15, 0.2) is 0 Å². The molecule has 2 rings (SSSR count). The second kappa shape index (κ2) is 5.13. The number of ether oxygens (including phenoxy) is 2. The molecule has 0 amide bonds. The number of rotatable bonds is 3. The van der Waals surface area contributed by atoms with Crippen molar-refractivity contribution in [3.05, 3.63) is 27.8 Å². The zero-order valence-corrected chi connectivity index (χ0v) is 10.6. The third-order valence-corrected chi connectivity index (χ3v) is 2.70. The van der Waals surface area contributed by atoms with Crippen molar-refractivity contribution in [1.29, 1.82) is 0 Å². The maximum Gasteiger partial charge on any atom is 0.349 e. The van der Waals surface area contributed by atoms with Crippen molar-refractivity contribution in [1.82, 2.24) is 0 Å². The van der Waals surface area contributed by atoms with Gasteiger partial charge in [-0.15, -0.1) is 0 Å². The van der Waals surface area contributed by atoms with Gasteiger partial charge < -0.3 is 14.8 Å². The molecule has 1 aromatic carbocycles. The molecule has 1 heterocycles.